The highest BCUT2D eigenvalue weighted by molar-refractivity contribution is 7.71. The quantitative estimate of drug-likeness (QED) is 0.474. The van der Waals surface area contributed by atoms with Crippen LogP contribution in [0.15, 0.2) is 53.3 Å². The molecule has 1 unspecified atom stereocenters. The van der Waals surface area contributed by atoms with Gasteiger partial charge >= 0.3 is 0 Å². The van der Waals surface area contributed by atoms with Gasteiger partial charge in [-0.05, 0) is 61.2 Å². The first-order valence-electron chi connectivity index (χ1n) is 10.5. The number of hydrogen-bond acceptors (Lipinski definition) is 4. The van der Waals surface area contributed by atoms with Crippen LogP contribution in [0.3, 0.4) is 0 Å². The molecule has 0 N–H and O–H groups in total. The summed E-state index contributed by atoms with van der Waals surface area (Å²) in [5.74, 6) is 0.589. The molecule has 2 aliphatic rings. The molecule has 1 saturated carbocycles. The zero-order valence-electron chi connectivity index (χ0n) is 16.9. The van der Waals surface area contributed by atoms with E-state index >= 15 is 0 Å². The highest BCUT2D eigenvalue weighted by Crippen LogP contribution is 2.42. The summed E-state index contributed by atoms with van der Waals surface area (Å²) in [5, 5.41) is 5.46. The smallest absolute Gasteiger partial charge is 0.262 e. The maximum atomic E-state index is 12.8. The monoisotopic (exact) mass is 417 g/mol. The number of aryl methyl sites for hydroxylation is 2. The normalized spacial score (nSPS) is 18.5. The number of para-hydroxylation sites is 1. The summed E-state index contributed by atoms with van der Waals surface area (Å²) in [7, 11) is 1.77. The molecule has 2 aromatic carbocycles. The van der Waals surface area contributed by atoms with Crippen molar-refractivity contribution < 1.29 is 0 Å². The van der Waals surface area contributed by atoms with Gasteiger partial charge in [-0.2, -0.15) is 0 Å². The topological polar surface area (TPSA) is 47.5 Å². The van der Waals surface area contributed by atoms with E-state index in [1.54, 1.807) is 11.6 Å². The SMILES string of the molecule is Cn1c(=O)c2ccccc2n2c(=S)n(CN(C3CC3)C3CCc4ccccc43)nc12. The lowest BCUT2D eigenvalue weighted by molar-refractivity contribution is 0.132. The Kier molecular flexibility index (Phi) is 3.98. The van der Waals surface area contributed by atoms with Gasteiger partial charge in [-0.1, -0.05) is 36.4 Å². The molecule has 1 atom stereocenters. The molecule has 0 aliphatic heterocycles. The van der Waals surface area contributed by atoms with Crippen molar-refractivity contribution in [2.24, 2.45) is 7.05 Å². The second-order valence-electron chi connectivity index (χ2n) is 8.44. The van der Waals surface area contributed by atoms with Crippen molar-refractivity contribution in [1.82, 2.24) is 23.6 Å². The van der Waals surface area contributed by atoms with Crippen molar-refractivity contribution >= 4 is 28.9 Å². The summed E-state index contributed by atoms with van der Waals surface area (Å²) < 4.78 is 6.06. The van der Waals surface area contributed by atoms with Crippen LogP contribution < -0.4 is 5.56 Å². The van der Waals surface area contributed by atoms with Gasteiger partial charge in [-0.25, -0.2) is 4.68 Å². The minimum atomic E-state index is -0.0472. The van der Waals surface area contributed by atoms with E-state index in [9.17, 15) is 4.79 Å². The minimum absolute atomic E-state index is 0.0472. The first-order valence-corrected chi connectivity index (χ1v) is 10.9. The van der Waals surface area contributed by atoms with Gasteiger partial charge in [0, 0.05) is 19.1 Å². The van der Waals surface area contributed by atoms with E-state index in [4.69, 9.17) is 17.3 Å². The number of fused-ring (bicyclic) bond motifs is 4. The average Bonchev–Trinajstić information content (AvgIpc) is 3.44. The van der Waals surface area contributed by atoms with Crippen LogP contribution in [0.25, 0.3) is 16.7 Å². The first-order chi connectivity index (χ1) is 14.6. The molecule has 2 aliphatic carbocycles. The Hall–Kier alpha value is -2.77. The van der Waals surface area contributed by atoms with Crippen LogP contribution in [0.4, 0.5) is 0 Å². The Bertz CT molecular complexity index is 1410. The van der Waals surface area contributed by atoms with Gasteiger partial charge < -0.3 is 0 Å². The van der Waals surface area contributed by atoms with Gasteiger partial charge in [-0.3, -0.25) is 18.7 Å². The van der Waals surface area contributed by atoms with Crippen molar-refractivity contribution in [3.05, 3.63) is 74.8 Å². The third kappa shape index (κ3) is 2.62. The number of nitrogens with zero attached hydrogens (tertiary/aromatic N) is 5. The second kappa shape index (κ2) is 6.62. The summed E-state index contributed by atoms with van der Waals surface area (Å²) in [6.07, 6.45) is 4.71. The summed E-state index contributed by atoms with van der Waals surface area (Å²) >= 11 is 5.86. The van der Waals surface area contributed by atoms with Crippen molar-refractivity contribution in [3.8, 4) is 0 Å². The summed E-state index contributed by atoms with van der Waals surface area (Å²) in [4.78, 5) is 15.4. The average molecular weight is 418 g/mol. The van der Waals surface area contributed by atoms with Gasteiger partial charge in [0.15, 0.2) is 0 Å². The zero-order valence-corrected chi connectivity index (χ0v) is 17.7. The largest absolute Gasteiger partial charge is 0.279 e. The number of benzene rings is 2. The molecular formula is C23H23N5OS. The Labute approximate surface area is 179 Å². The van der Waals surface area contributed by atoms with Crippen LogP contribution in [-0.4, -0.2) is 29.7 Å². The molecule has 0 spiro atoms. The lowest BCUT2D eigenvalue weighted by Crippen LogP contribution is -2.32. The Morgan fingerprint density at radius 1 is 1.10 bits per heavy atom. The van der Waals surface area contributed by atoms with Gasteiger partial charge in [0.05, 0.1) is 17.6 Å². The van der Waals surface area contributed by atoms with Gasteiger partial charge in [0.2, 0.25) is 10.5 Å². The molecule has 152 valence electrons. The van der Waals surface area contributed by atoms with Crippen LogP contribution in [-0.2, 0) is 20.1 Å². The maximum Gasteiger partial charge on any atom is 0.262 e. The van der Waals surface area contributed by atoms with E-state index in [0.717, 1.165) is 18.4 Å². The zero-order chi connectivity index (χ0) is 20.4. The first kappa shape index (κ1) is 18.0. The third-order valence-corrected chi connectivity index (χ3v) is 7.01. The van der Waals surface area contributed by atoms with Crippen molar-refractivity contribution in [2.45, 2.75) is 44.4 Å². The fourth-order valence-corrected chi connectivity index (χ4v) is 5.22. The molecule has 4 aromatic rings. The van der Waals surface area contributed by atoms with Crippen molar-refractivity contribution in [3.63, 3.8) is 0 Å². The van der Waals surface area contributed by atoms with Crippen LogP contribution in [0.1, 0.15) is 36.4 Å². The van der Waals surface area contributed by atoms with E-state index in [2.05, 4.69) is 29.2 Å². The van der Waals surface area contributed by atoms with Crippen LogP contribution in [0.2, 0.25) is 0 Å². The minimum Gasteiger partial charge on any atom is -0.279 e. The summed E-state index contributed by atoms with van der Waals surface area (Å²) in [6.45, 7) is 0.646. The fourth-order valence-electron chi connectivity index (χ4n) is 4.95. The fraction of sp³-hybridized carbons (Fsp3) is 0.348. The molecule has 0 amide bonds. The molecule has 6 nitrogen and oxygen atoms in total. The molecule has 0 radical (unpaired) electrons. The second-order valence-corrected chi connectivity index (χ2v) is 8.80. The van der Waals surface area contributed by atoms with E-state index < -0.39 is 0 Å². The molecule has 2 heterocycles. The molecule has 6 rings (SSSR count). The standard InChI is InChI=1S/C23H23N5OS/c1-25-21(29)18-8-4-5-9-20(18)28-22(25)24-27(23(28)30)14-26(16-11-12-16)19-13-10-15-6-2-3-7-17(15)19/h2-9,16,19H,10-14H2,1H3. The van der Waals surface area contributed by atoms with E-state index in [0.29, 0.717) is 34.7 Å². The van der Waals surface area contributed by atoms with E-state index in [1.165, 1.54) is 24.0 Å². The van der Waals surface area contributed by atoms with E-state index in [1.807, 2.05) is 33.3 Å². The lowest BCUT2D eigenvalue weighted by atomic mass is 10.1. The molecule has 0 saturated heterocycles. The predicted octanol–water partition coefficient (Wildman–Crippen LogP) is 3.83. The number of hydrogen-bond donors (Lipinski definition) is 0. The highest BCUT2D eigenvalue weighted by Gasteiger charge is 2.38. The third-order valence-electron chi connectivity index (χ3n) is 6.62. The van der Waals surface area contributed by atoms with Crippen LogP contribution in [0.5, 0.6) is 0 Å². The van der Waals surface area contributed by atoms with Crippen molar-refractivity contribution in [2.75, 3.05) is 0 Å². The van der Waals surface area contributed by atoms with Gasteiger partial charge in [0.1, 0.15) is 0 Å². The Morgan fingerprint density at radius 3 is 2.70 bits per heavy atom. The van der Waals surface area contributed by atoms with Crippen LogP contribution >= 0.6 is 12.2 Å². The molecule has 0 bridgehead atoms. The summed E-state index contributed by atoms with van der Waals surface area (Å²) in [5.41, 5.74) is 3.67. The molecule has 30 heavy (non-hydrogen) atoms. The molecule has 7 heteroatoms. The molecular weight excluding hydrogens is 394 g/mol. The number of rotatable bonds is 4. The Morgan fingerprint density at radius 2 is 1.87 bits per heavy atom. The van der Waals surface area contributed by atoms with Crippen molar-refractivity contribution in [1.29, 1.82) is 0 Å². The predicted molar refractivity (Wildman–Crippen MR) is 119 cm³/mol. The molecule has 2 aromatic heterocycles. The molecule has 1 fully saturated rings. The highest BCUT2D eigenvalue weighted by atomic mass is 32.1. The summed E-state index contributed by atoms with van der Waals surface area (Å²) in [6, 6.07) is 17.4. The Balaban J connectivity index is 1.48. The lowest BCUT2D eigenvalue weighted by Gasteiger charge is -2.29. The van der Waals surface area contributed by atoms with E-state index in [-0.39, 0.29) is 5.56 Å². The number of aromatic nitrogens is 4. The van der Waals surface area contributed by atoms with Crippen LogP contribution in [0, 0.1) is 4.77 Å². The van der Waals surface area contributed by atoms with Gasteiger partial charge in [0.25, 0.3) is 5.56 Å². The maximum absolute atomic E-state index is 12.8. The van der Waals surface area contributed by atoms with Gasteiger partial charge in [-0.15, -0.1) is 5.10 Å².